The van der Waals surface area contributed by atoms with Crippen LogP contribution in [0.3, 0.4) is 0 Å². The molecule has 1 aromatic rings. The van der Waals surface area contributed by atoms with Crippen LogP contribution in [0.1, 0.15) is 31.4 Å². The number of benzene rings is 1. The van der Waals surface area contributed by atoms with Crippen LogP contribution in [0.5, 0.6) is 0 Å². The van der Waals surface area contributed by atoms with E-state index in [9.17, 15) is 5.11 Å². The average Bonchev–Trinajstić information content (AvgIpc) is 2.09. The lowest BCUT2D eigenvalue weighted by Gasteiger charge is -2.16. The minimum Gasteiger partial charge on any atom is -0.390 e. The molecule has 0 saturated heterocycles. The fourth-order valence-electron chi connectivity index (χ4n) is 1.27. The maximum atomic E-state index is 9.61. The largest absolute Gasteiger partial charge is 0.390 e. The maximum absolute atomic E-state index is 9.61. The summed E-state index contributed by atoms with van der Waals surface area (Å²) in [6, 6.07) is 6.50. The third-order valence-electron chi connectivity index (χ3n) is 2.32. The van der Waals surface area contributed by atoms with Crippen molar-refractivity contribution in [3.63, 3.8) is 0 Å². The first-order valence-electron chi connectivity index (χ1n) is 5.31. The fourth-order valence-corrected chi connectivity index (χ4v) is 2.66. The molecule has 0 aliphatic rings. The van der Waals surface area contributed by atoms with Gasteiger partial charge in [-0.15, -0.1) is 11.8 Å². The van der Waals surface area contributed by atoms with Gasteiger partial charge < -0.3 is 5.11 Å². The second kappa shape index (κ2) is 5.04. The molecule has 2 heteroatoms. The number of aryl methyl sites for hydroxylation is 2. The Bertz CT molecular complexity index is 326. The van der Waals surface area contributed by atoms with Crippen molar-refractivity contribution in [2.45, 2.75) is 44.6 Å². The van der Waals surface area contributed by atoms with Crippen LogP contribution in [0, 0.1) is 13.8 Å². The lowest BCUT2D eigenvalue weighted by Crippen LogP contribution is -2.19. The van der Waals surface area contributed by atoms with Crippen LogP contribution in [-0.4, -0.2) is 16.5 Å². The molecule has 15 heavy (non-hydrogen) atoms. The van der Waals surface area contributed by atoms with Crippen LogP contribution in [0.25, 0.3) is 0 Å². The van der Waals surface area contributed by atoms with E-state index in [0.717, 1.165) is 12.2 Å². The number of hydrogen-bond donors (Lipinski definition) is 1. The zero-order chi connectivity index (χ0) is 11.5. The normalized spacial score (nSPS) is 11.8. The average molecular weight is 224 g/mol. The summed E-state index contributed by atoms with van der Waals surface area (Å²) >= 11 is 1.83. The van der Waals surface area contributed by atoms with E-state index in [1.165, 1.54) is 16.0 Å². The Morgan fingerprint density at radius 1 is 1.27 bits per heavy atom. The first-order chi connectivity index (χ1) is 6.88. The van der Waals surface area contributed by atoms with Crippen LogP contribution in [0.4, 0.5) is 0 Å². The van der Waals surface area contributed by atoms with Crippen LogP contribution in [0.2, 0.25) is 0 Å². The van der Waals surface area contributed by atoms with Crippen molar-refractivity contribution in [1.82, 2.24) is 0 Å². The smallest absolute Gasteiger partial charge is 0.0599 e. The Balaban J connectivity index is 2.54. The van der Waals surface area contributed by atoms with E-state index >= 15 is 0 Å². The Morgan fingerprint density at radius 3 is 2.53 bits per heavy atom. The Hall–Kier alpha value is -0.470. The molecule has 0 radical (unpaired) electrons. The second-order valence-electron chi connectivity index (χ2n) is 4.68. The molecule has 0 saturated carbocycles. The molecule has 1 aromatic carbocycles. The highest BCUT2D eigenvalue weighted by atomic mass is 32.2. The quantitative estimate of drug-likeness (QED) is 0.789. The topological polar surface area (TPSA) is 20.2 Å². The Kier molecular flexibility index (Phi) is 4.23. The van der Waals surface area contributed by atoms with Gasteiger partial charge in [-0.05, 0) is 45.7 Å². The first kappa shape index (κ1) is 12.6. The molecular formula is C13H20OS. The van der Waals surface area contributed by atoms with Gasteiger partial charge in [-0.2, -0.15) is 0 Å². The maximum Gasteiger partial charge on any atom is 0.0599 e. The molecule has 0 aliphatic carbocycles. The zero-order valence-electron chi connectivity index (χ0n) is 10.0. The molecule has 0 atom stereocenters. The molecule has 0 spiro atoms. The highest BCUT2D eigenvalue weighted by Gasteiger charge is 2.12. The van der Waals surface area contributed by atoms with Gasteiger partial charge in [0.1, 0.15) is 0 Å². The van der Waals surface area contributed by atoms with Crippen molar-refractivity contribution in [3.8, 4) is 0 Å². The van der Waals surface area contributed by atoms with Crippen molar-refractivity contribution >= 4 is 11.8 Å². The van der Waals surface area contributed by atoms with Crippen molar-refractivity contribution in [2.24, 2.45) is 0 Å². The molecule has 0 unspecified atom stereocenters. The van der Waals surface area contributed by atoms with Gasteiger partial charge in [0.2, 0.25) is 0 Å². The van der Waals surface area contributed by atoms with Gasteiger partial charge in [0.05, 0.1) is 5.60 Å². The standard InChI is InChI=1S/C13H20OS/c1-10-5-6-11(2)12(9-10)15-8-7-13(3,4)14/h5-6,9,14H,7-8H2,1-4H3. The molecule has 84 valence electrons. The molecule has 0 aromatic heterocycles. The third kappa shape index (κ3) is 4.72. The van der Waals surface area contributed by atoms with Crippen LogP contribution in [0.15, 0.2) is 23.1 Å². The number of rotatable bonds is 4. The minimum atomic E-state index is -0.551. The highest BCUT2D eigenvalue weighted by Crippen LogP contribution is 2.25. The fraction of sp³-hybridized carbons (Fsp3) is 0.538. The minimum absolute atomic E-state index is 0.551. The number of thioether (sulfide) groups is 1. The SMILES string of the molecule is Cc1ccc(C)c(SCCC(C)(C)O)c1. The highest BCUT2D eigenvalue weighted by molar-refractivity contribution is 7.99. The monoisotopic (exact) mass is 224 g/mol. The predicted molar refractivity (Wildman–Crippen MR) is 67.6 cm³/mol. The van der Waals surface area contributed by atoms with E-state index in [2.05, 4.69) is 32.0 Å². The molecule has 0 amide bonds. The predicted octanol–water partition coefficient (Wildman–Crippen LogP) is 3.56. The van der Waals surface area contributed by atoms with Crippen molar-refractivity contribution < 1.29 is 5.11 Å². The summed E-state index contributed by atoms with van der Waals surface area (Å²) in [5.74, 6) is 0.966. The van der Waals surface area contributed by atoms with Crippen LogP contribution >= 0.6 is 11.8 Å². The van der Waals surface area contributed by atoms with E-state index < -0.39 is 5.60 Å². The molecule has 0 aliphatic heterocycles. The van der Waals surface area contributed by atoms with Crippen molar-refractivity contribution in [1.29, 1.82) is 0 Å². The van der Waals surface area contributed by atoms with E-state index in [4.69, 9.17) is 0 Å². The third-order valence-corrected chi connectivity index (χ3v) is 3.47. The van der Waals surface area contributed by atoms with E-state index in [1.807, 2.05) is 25.6 Å². The van der Waals surface area contributed by atoms with E-state index in [1.54, 1.807) is 0 Å². The summed E-state index contributed by atoms with van der Waals surface area (Å²) in [5.41, 5.74) is 2.07. The molecule has 1 rings (SSSR count). The molecule has 0 heterocycles. The first-order valence-corrected chi connectivity index (χ1v) is 6.29. The lowest BCUT2D eigenvalue weighted by molar-refractivity contribution is 0.0777. The summed E-state index contributed by atoms with van der Waals surface area (Å²) in [5, 5.41) is 9.61. The van der Waals surface area contributed by atoms with Crippen LogP contribution < -0.4 is 0 Å². The van der Waals surface area contributed by atoms with Crippen molar-refractivity contribution in [3.05, 3.63) is 29.3 Å². The van der Waals surface area contributed by atoms with Gasteiger partial charge in [0.15, 0.2) is 0 Å². The van der Waals surface area contributed by atoms with Crippen LogP contribution in [-0.2, 0) is 0 Å². The van der Waals surface area contributed by atoms with Gasteiger partial charge in [0.25, 0.3) is 0 Å². The Morgan fingerprint density at radius 2 is 1.93 bits per heavy atom. The Labute approximate surface area is 96.9 Å². The van der Waals surface area contributed by atoms with Gasteiger partial charge in [0, 0.05) is 10.6 Å². The van der Waals surface area contributed by atoms with Gasteiger partial charge in [-0.25, -0.2) is 0 Å². The van der Waals surface area contributed by atoms with E-state index in [0.29, 0.717) is 0 Å². The number of hydrogen-bond acceptors (Lipinski definition) is 2. The lowest BCUT2D eigenvalue weighted by atomic mass is 10.1. The summed E-state index contributed by atoms with van der Waals surface area (Å²) in [6.07, 6.45) is 0.824. The zero-order valence-corrected chi connectivity index (χ0v) is 10.8. The molecule has 1 nitrogen and oxygen atoms in total. The summed E-state index contributed by atoms with van der Waals surface area (Å²) in [6.45, 7) is 7.96. The second-order valence-corrected chi connectivity index (χ2v) is 5.82. The summed E-state index contributed by atoms with van der Waals surface area (Å²) in [7, 11) is 0. The molecule has 1 N–H and O–H groups in total. The summed E-state index contributed by atoms with van der Waals surface area (Å²) < 4.78 is 0. The summed E-state index contributed by atoms with van der Waals surface area (Å²) in [4.78, 5) is 1.33. The number of aliphatic hydroxyl groups is 1. The van der Waals surface area contributed by atoms with Gasteiger partial charge >= 0.3 is 0 Å². The van der Waals surface area contributed by atoms with Gasteiger partial charge in [-0.3, -0.25) is 0 Å². The van der Waals surface area contributed by atoms with Gasteiger partial charge in [-0.1, -0.05) is 17.7 Å². The van der Waals surface area contributed by atoms with E-state index in [-0.39, 0.29) is 0 Å². The molecule has 0 bridgehead atoms. The van der Waals surface area contributed by atoms with Crippen molar-refractivity contribution in [2.75, 3.05) is 5.75 Å². The molecular weight excluding hydrogens is 204 g/mol. The molecule has 0 fully saturated rings.